The smallest absolute Gasteiger partial charge is 0.354 e. The van der Waals surface area contributed by atoms with Crippen molar-refractivity contribution >= 4 is 23.5 Å². The fourth-order valence-electron chi connectivity index (χ4n) is 2.10. The molecule has 1 aromatic heterocycles. The molecule has 0 saturated carbocycles. The SMILES string of the molecule is Cc1cc(N2C(=O)CCCCC2=O)c(C(=O)O)[nH]1. The van der Waals surface area contributed by atoms with E-state index in [0.717, 1.165) is 4.90 Å². The average Bonchev–Trinajstić information content (AvgIpc) is 2.58. The summed E-state index contributed by atoms with van der Waals surface area (Å²) in [7, 11) is 0. The Morgan fingerprint density at radius 1 is 1.28 bits per heavy atom. The molecule has 2 amide bonds. The number of carboxylic acids is 1. The number of carboxylic acid groups (broad SMARTS) is 1. The largest absolute Gasteiger partial charge is 0.477 e. The second-order valence-electron chi connectivity index (χ2n) is 4.35. The number of carbonyl (C=O) groups excluding carboxylic acids is 2. The summed E-state index contributed by atoms with van der Waals surface area (Å²) >= 11 is 0. The maximum absolute atomic E-state index is 11.9. The van der Waals surface area contributed by atoms with Crippen molar-refractivity contribution < 1.29 is 19.5 Å². The van der Waals surface area contributed by atoms with Gasteiger partial charge in [-0.25, -0.2) is 9.69 Å². The Hall–Kier alpha value is -2.11. The highest BCUT2D eigenvalue weighted by molar-refractivity contribution is 6.17. The van der Waals surface area contributed by atoms with E-state index in [9.17, 15) is 14.4 Å². The van der Waals surface area contributed by atoms with E-state index in [1.807, 2.05) is 0 Å². The van der Waals surface area contributed by atoms with Crippen LogP contribution < -0.4 is 4.90 Å². The zero-order valence-electron chi connectivity index (χ0n) is 10.0. The molecule has 0 aliphatic carbocycles. The standard InChI is InChI=1S/C12H14N2O4/c1-7-6-8(11(13-7)12(17)18)14-9(15)4-2-3-5-10(14)16/h6,13H,2-5H2,1H3,(H,17,18). The predicted octanol–water partition coefficient (Wildman–Crippen LogP) is 1.45. The maximum Gasteiger partial charge on any atom is 0.354 e. The number of hydrogen-bond acceptors (Lipinski definition) is 3. The third-order valence-corrected chi connectivity index (χ3v) is 2.92. The Morgan fingerprint density at radius 3 is 2.33 bits per heavy atom. The Bertz CT molecular complexity index is 500. The Kier molecular flexibility index (Phi) is 3.18. The molecule has 2 heterocycles. The van der Waals surface area contributed by atoms with Gasteiger partial charge in [-0.2, -0.15) is 0 Å². The summed E-state index contributed by atoms with van der Waals surface area (Å²) in [5.41, 5.74) is 0.639. The van der Waals surface area contributed by atoms with Gasteiger partial charge in [0.25, 0.3) is 0 Å². The first-order valence-electron chi connectivity index (χ1n) is 5.79. The van der Waals surface area contributed by atoms with Crippen LogP contribution in [0.5, 0.6) is 0 Å². The van der Waals surface area contributed by atoms with Gasteiger partial charge in [-0.05, 0) is 25.8 Å². The van der Waals surface area contributed by atoms with Crippen molar-refractivity contribution in [3.05, 3.63) is 17.5 Å². The molecule has 96 valence electrons. The van der Waals surface area contributed by atoms with Crippen LogP contribution in [0.3, 0.4) is 0 Å². The van der Waals surface area contributed by atoms with Crippen molar-refractivity contribution in [2.45, 2.75) is 32.6 Å². The van der Waals surface area contributed by atoms with Crippen LogP contribution in [0.2, 0.25) is 0 Å². The van der Waals surface area contributed by atoms with E-state index < -0.39 is 5.97 Å². The van der Waals surface area contributed by atoms with Gasteiger partial charge in [-0.1, -0.05) is 0 Å². The number of hydrogen-bond donors (Lipinski definition) is 2. The van der Waals surface area contributed by atoms with E-state index in [1.165, 1.54) is 6.07 Å². The normalized spacial score (nSPS) is 16.8. The minimum absolute atomic E-state index is 0.115. The van der Waals surface area contributed by atoms with E-state index in [4.69, 9.17) is 5.11 Å². The van der Waals surface area contributed by atoms with Gasteiger partial charge < -0.3 is 10.1 Å². The molecular formula is C12H14N2O4. The number of aryl methyl sites for hydroxylation is 1. The summed E-state index contributed by atoms with van der Waals surface area (Å²) in [5, 5.41) is 9.07. The summed E-state index contributed by atoms with van der Waals surface area (Å²) in [6, 6.07) is 1.52. The fourth-order valence-corrected chi connectivity index (χ4v) is 2.10. The van der Waals surface area contributed by atoms with Crippen molar-refractivity contribution in [2.75, 3.05) is 4.90 Å². The molecule has 0 atom stereocenters. The third-order valence-electron chi connectivity index (χ3n) is 2.92. The van der Waals surface area contributed by atoms with E-state index in [2.05, 4.69) is 4.98 Å². The quantitative estimate of drug-likeness (QED) is 0.777. The van der Waals surface area contributed by atoms with E-state index in [0.29, 0.717) is 18.5 Å². The number of nitrogens with one attached hydrogen (secondary N) is 1. The molecule has 1 aliphatic rings. The molecule has 18 heavy (non-hydrogen) atoms. The number of carbonyl (C=O) groups is 3. The van der Waals surface area contributed by atoms with Gasteiger partial charge in [-0.15, -0.1) is 0 Å². The molecule has 2 N–H and O–H groups in total. The molecule has 6 heteroatoms. The van der Waals surface area contributed by atoms with Crippen LogP contribution >= 0.6 is 0 Å². The Balaban J connectivity index is 2.48. The minimum atomic E-state index is -1.18. The molecule has 0 aromatic carbocycles. The number of rotatable bonds is 2. The summed E-state index contributed by atoms with van der Waals surface area (Å²) in [5.74, 6) is -1.85. The van der Waals surface area contributed by atoms with Crippen LogP contribution in [0.1, 0.15) is 41.9 Å². The van der Waals surface area contributed by atoms with Crippen molar-refractivity contribution in [1.29, 1.82) is 0 Å². The lowest BCUT2D eigenvalue weighted by molar-refractivity contribution is -0.125. The zero-order chi connectivity index (χ0) is 13.3. The second kappa shape index (κ2) is 4.64. The highest BCUT2D eigenvalue weighted by Gasteiger charge is 2.30. The topological polar surface area (TPSA) is 90.5 Å². The number of H-pyrrole nitrogens is 1. The van der Waals surface area contributed by atoms with Crippen LogP contribution in [0.4, 0.5) is 5.69 Å². The Morgan fingerprint density at radius 2 is 1.83 bits per heavy atom. The summed E-state index contributed by atoms with van der Waals surface area (Å²) in [4.78, 5) is 38.6. The molecular weight excluding hydrogens is 236 g/mol. The highest BCUT2D eigenvalue weighted by atomic mass is 16.4. The molecule has 2 rings (SSSR count). The van der Waals surface area contributed by atoms with Crippen molar-refractivity contribution in [3.8, 4) is 0 Å². The van der Waals surface area contributed by atoms with Gasteiger partial charge in [0.1, 0.15) is 5.69 Å². The molecule has 6 nitrogen and oxygen atoms in total. The van der Waals surface area contributed by atoms with Crippen LogP contribution in [-0.4, -0.2) is 27.9 Å². The van der Waals surface area contributed by atoms with Crippen LogP contribution in [0.15, 0.2) is 6.07 Å². The monoisotopic (exact) mass is 250 g/mol. The molecule has 0 radical (unpaired) electrons. The summed E-state index contributed by atoms with van der Waals surface area (Å²) in [6.07, 6.45) is 1.86. The number of amides is 2. The predicted molar refractivity (Wildman–Crippen MR) is 63.5 cm³/mol. The van der Waals surface area contributed by atoms with Crippen LogP contribution in [-0.2, 0) is 9.59 Å². The number of anilines is 1. The third kappa shape index (κ3) is 2.13. The fraction of sp³-hybridized carbons (Fsp3) is 0.417. The summed E-state index contributed by atoms with van der Waals surface area (Å²) < 4.78 is 0. The second-order valence-corrected chi connectivity index (χ2v) is 4.35. The van der Waals surface area contributed by atoms with E-state index >= 15 is 0 Å². The van der Waals surface area contributed by atoms with Gasteiger partial charge in [0.2, 0.25) is 11.8 Å². The maximum atomic E-state index is 11.9. The van der Waals surface area contributed by atoms with Crippen LogP contribution in [0.25, 0.3) is 0 Å². The number of imide groups is 1. The first-order valence-corrected chi connectivity index (χ1v) is 5.79. The first kappa shape index (κ1) is 12.3. The van der Waals surface area contributed by atoms with Gasteiger partial charge in [0.05, 0.1) is 5.69 Å². The zero-order valence-corrected chi connectivity index (χ0v) is 10.0. The lowest BCUT2D eigenvalue weighted by Gasteiger charge is -2.17. The molecule has 0 unspecified atom stereocenters. The highest BCUT2D eigenvalue weighted by Crippen LogP contribution is 2.26. The summed E-state index contributed by atoms with van der Waals surface area (Å²) in [6.45, 7) is 1.68. The molecule has 1 aliphatic heterocycles. The van der Waals surface area contributed by atoms with Crippen molar-refractivity contribution in [2.24, 2.45) is 0 Å². The van der Waals surface area contributed by atoms with Crippen molar-refractivity contribution in [3.63, 3.8) is 0 Å². The van der Waals surface area contributed by atoms with E-state index in [1.54, 1.807) is 6.92 Å². The first-order chi connectivity index (χ1) is 8.50. The van der Waals surface area contributed by atoms with Gasteiger partial charge in [0.15, 0.2) is 0 Å². The van der Waals surface area contributed by atoms with Gasteiger partial charge >= 0.3 is 5.97 Å². The molecule has 0 spiro atoms. The van der Waals surface area contributed by atoms with Gasteiger partial charge in [0, 0.05) is 18.5 Å². The molecule has 1 fully saturated rings. The lowest BCUT2D eigenvalue weighted by atomic mass is 10.2. The lowest BCUT2D eigenvalue weighted by Crippen LogP contribution is -2.35. The van der Waals surface area contributed by atoms with Crippen LogP contribution in [0, 0.1) is 6.92 Å². The Labute approximate surface area is 104 Å². The van der Waals surface area contributed by atoms with E-state index in [-0.39, 0.29) is 36.0 Å². The van der Waals surface area contributed by atoms with Crippen molar-refractivity contribution in [1.82, 2.24) is 4.98 Å². The minimum Gasteiger partial charge on any atom is -0.477 e. The number of nitrogens with zero attached hydrogens (tertiary/aromatic N) is 1. The van der Waals surface area contributed by atoms with Gasteiger partial charge in [-0.3, -0.25) is 9.59 Å². The molecule has 1 saturated heterocycles. The number of aromatic carboxylic acids is 1. The number of aromatic nitrogens is 1. The molecule has 0 bridgehead atoms. The molecule has 1 aromatic rings. The average molecular weight is 250 g/mol. The number of aromatic amines is 1.